The highest BCUT2D eigenvalue weighted by Crippen LogP contribution is 2.19. The predicted octanol–water partition coefficient (Wildman–Crippen LogP) is 1.48. The zero-order valence-electron chi connectivity index (χ0n) is 11.9. The number of carbonyl (C=O) groups excluding carboxylic acids is 1. The molecule has 0 aliphatic rings. The van der Waals surface area contributed by atoms with E-state index in [9.17, 15) is 9.59 Å². The van der Waals surface area contributed by atoms with Crippen molar-refractivity contribution >= 4 is 23.6 Å². The number of halogens is 1. The van der Waals surface area contributed by atoms with Gasteiger partial charge in [-0.2, -0.15) is 0 Å². The first-order valence-corrected chi connectivity index (χ1v) is 6.74. The first kappa shape index (κ1) is 17.0. The summed E-state index contributed by atoms with van der Waals surface area (Å²) in [6.07, 6.45) is 1.56. The molecule has 21 heavy (non-hydrogen) atoms. The number of hydrogen-bond acceptors (Lipinski definition) is 4. The van der Waals surface area contributed by atoms with E-state index in [0.29, 0.717) is 10.9 Å². The highest BCUT2D eigenvalue weighted by atomic mass is 35.5. The summed E-state index contributed by atoms with van der Waals surface area (Å²) in [6, 6.07) is 2.98. The van der Waals surface area contributed by atoms with E-state index in [0.717, 1.165) is 0 Å². The van der Waals surface area contributed by atoms with Gasteiger partial charge < -0.3 is 20.1 Å². The van der Waals surface area contributed by atoms with Crippen molar-refractivity contribution in [3.63, 3.8) is 0 Å². The Morgan fingerprint density at radius 3 is 2.90 bits per heavy atom. The Kier molecular flexibility index (Phi) is 6.74. The third kappa shape index (κ3) is 5.86. The molecule has 116 valence electrons. The molecule has 0 radical (unpaired) electrons. The Labute approximate surface area is 127 Å². The summed E-state index contributed by atoms with van der Waals surface area (Å²) in [5, 5.41) is 11.8. The second-order valence-electron chi connectivity index (χ2n) is 4.49. The number of nitrogens with one attached hydrogen (secondary N) is 1. The fraction of sp³-hybridized carbons (Fsp3) is 0.462. The van der Waals surface area contributed by atoms with Crippen LogP contribution in [0.15, 0.2) is 18.3 Å². The minimum absolute atomic E-state index is 0.133. The van der Waals surface area contributed by atoms with Crippen molar-refractivity contribution < 1.29 is 19.4 Å². The second-order valence-corrected chi connectivity index (χ2v) is 4.90. The van der Waals surface area contributed by atoms with Crippen molar-refractivity contribution in [1.82, 2.24) is 15.2 Å². The van der Waals surface area contributed by atoms with Crippen LogP contribution in [0.1, 0.15) is 6.92 Å². The maximum atomic E-state index is 11.7. The highest BCUT2D eigenvalue weighted by molar-refractivity contribution is 6.31. The number of aromatic nitrogens is 1. The number of carboxylic acid groups (broad SMARTS) is 1. The standard InChI is InChI=1S/C13H18ClN3O4/c1-9(12(18)19)8-17(2)13(20)16-6-7-21-11-10(14)4-3-5-15-11/h3-5,9H,6-8H2,1-2H3,(H,16,20)(H,18,19). The number of nitrogens with zero attached hydrogens (tertiary/aromatic N) is 2. The van der Waals surface area contributed by atoms with Crippen LogP contribution in [0.25, 0.3) is 0 Å². The molecule has 1 aromatic heterocycles. The van der Waals surface area contributed by atoms with Gasteiger partial charge in [0, 0.05) is 19.8 Å². The lowest BCUT2D eigenvalue weighted by molar-refractivity contribution is -0.141. The van der Waals surface area contributed by atoms with E-state index in [1.165, 1.54) is 18.9 Å². The van der Waals surface area contributed by atoms with Gasteiger partial charge in [-0.15, -0.1) is 0 Å². The van der Waals surface area contributed by atoms with Gasteiger partial charge in [0.1, 0.15) is 11.6 Å². The third-order valence-electron chi connectivity index (χ3n) is 2.66. The molecular weight excluding hydrogens is 298 g/mol. The molecule has 1 atom stereocenters. The molecule has 0 aromatic carbocycles. The minimum atomic E-state index is -0.942. The van der Waals surface area contributed by atoms with Crippen LogP contribution in [0, 0.1) is 5.92 Å². The third-order valence-corrected chi connectivity index (χ3v) is 2.95. The van der Waals surface area contributed by atoms with Crippen molar-refractivity contribution in [3.05, 3.63) is 23.4 Å². The first-order valence-electron chi connectivity index (χ1n) is 6.37. The average molecular weight is 316 g/mol. The van der Waals surface area contributed by atoms with Gasteiger partial charge in [0.25, 0.3) is 0 Å². The number of pyridine rings is 1. The second kappa shape index (κ2) is 8.31. The van der Waals surface area contributed by atoms with E-state index in [1.54, 1.807) is 18.3 Å². The zero-order valence-corrected chi connectivity index (χ0v) is 12.6. The van der Waals surface area contributed by atoms with E-state index in [4.69, 9.17) is 21.4 Å². The van der Waals surface area contributed by atoms with Gasteiger partial charge in [0.05, 0.1) is 12.5 Å². The SMILES string of the molecule is CC(CN(C)C(=O)NCCOc1ncccc1Cl)C(=O)O. The molecule has 8 heteroatoms. The summed E-state index contributed by atoms with van der Waals surface area (Å²) < 4.78 is 5.32. The molecule has 7 nitrogen and oxygen atoms in total. The lowest BCUT2D eigenvalue weighted by atomic mass is 10.2. The van der Waals surface area contributed by atoms with E-state index in [-0.39, 0.29) is 25.7 Å². The molecule has 0 aliphatic heterocycles. The largest absolute Gasteiger partial charge is 0.481 e. The van der Waals surface area contributed by atoms with Gasteiger partial charge >= 0.3 is 12.0 Å². The summed E-state index contributed by atoms with van der Waals surface area (Å²) in [5.74, 6) is -1.26. The molecule has 0 saturated heterocycles. The summed E-state index contributed by atoms with van der Waals surface area (Å²) in [5.41, 5.74) is 0. The summed E-state index contributed by atoms with van der Waals surface area (Å²) >= 11 is 5.86. The van der Waals surface area contributed by atoms with Crippen molar-refractivity contribution in [3.8, 4) is 5.88 Å². The lowest BCUT2D eigenvalue weighted by Gasteiger charge is -2.20. The number of hydrogen-bond donors (Lipinski definition) is 2. The lowest BCUT2D eigenvalue weighted by Crippen LogP contribution is -2.42. The fourth-order valence-electron chi connectivity index (χ4n) is 1.49. The first-order chi connectivity index (χ1) is 9.91. The maximum absolute atomic E-state index is 11.7. The van der Waals surface area contributed by atoms with Crippen molar-refractivity contribution in [2.24, 2.45) is 5.92 Å². The Balaban J connectivity index is 2.27. The highest BCUT2D eigenvalue weighted by Gasteiger charge is 2.16. The number of urea groups is 1. The Bertz CT molecular complexity index is 498. The molecule has 1 aromatic rings. The number of ether oxygens (including phenoxy) is 1. The maximum Gasteiger partial charge on any atom is 0.317 e. The van der Waals surface area contributed by atoms with Crippen molar-refractivity contribution in [2.75, 3.05) is 26.7 Å². The molecule has 0 fully saturated rings. The predicted molar refractivity (Wildman–Crippen MR) is 77.6 cm³/mol. The molecule has 0 spiro atoms. The summed E-state index contributed by atoms with van der Waals surface area (Å²) in [4.78, 5) is 27.7. The number of carboxylic acids is 1. The molecule has 1 rings (SSSR count). The van der Waals surface area contributed by atoms with Crippen LogP contribution in [-0.2, 0) is 4.79 Å². The fourth-order valence-corrected chi connectivity index (χ4v) is 1.67. The van der Waals surface area contributed by atoms with E-state index >= 15 is 0 Å². The van der Waals surface area contributed by atoms with Gasteiger partial charge in [-0.1, -0.05) is 18.5 Å². The molecular formula is C13H18ClN3O4. The van der Waals surface area contributed by atoms with Gasteiger partial charge in [-0.3, -0.25) is 4.79 Å². The van der Waals surface area contributed by atoms with Gasteiger partial charge in [-0.25, -0.2) is 9.78 Å². The molecule has 1 heterocycles. The van der Waals surface area contributed by atoms with Crippen LogP contribution < -0.4 is 10.1 Å². The molecule has 2 amide bonds. The van der Waals surface area contributed by atoms with Crippen LogP contribution in [0.4, 0.5) is 4.79 Å². The van der Waals surface area contributed by atoms with Crippen LogP contribution in [0.2, 0.25) is 5.02 Å². The number of amides is 2. The van der Waals surface area contributed by atoms with Crippen LogP contribution in [0.5, 0.6) is 5.88 Å². The number of carbonyl (C=O) groups is 2. The molecule has 2 N–H and O–H groups in total. The van der Waals surface area contributed by atoms with Crippen LogP contribution in [0.3, 0.4) is 0 Å². The quantitative estimate of drug-likeness (QED) is 0.744. The van der Waals surface area contributed by atoms with Crippen molar-refractivity contribution in [1.29, 1.82) is 0 Å². The van der Waals surface area contributed by atoms with Crippen LogP contribution >= 0.6 is 11.6 Å². The van der Waals surface area contributed by atoms with E-state index < -0.39 is 11.9 Å². The molecule has 1 unspecified atom stereocenters. The summed E-state index contributed by atoms with van der Waals surface area (Å²) in [7, 11) is 1.53. The van der Waals surface area contributed by atoms with Crippen LogP contribution in [-0.4, -0.2) is 53.7 Å². The minimum Gasteiger partial charge on any atom is -0.481 e. The van der Waals surface area contributed by atoms with Gasteiger partial charge in [0.2, 0.25) is 5.88 Å². The van der Waals surface area contributed by atoms with E-state index in [1.807, 2.05) is 0 Å². The number of aliphatic carboxylic acids is 1. The van der Waals surface area contributed by atoms with Crippen molar-refractivity contribution in [2.45, 2.75) is 6.92 Å². The molecule has 0 saturated carbocycles. The zero-order chi connectivity index (χ0) is 15.8. The smallest absolute Gasteiger partial charge is 0.317 e. The Morgan fingerprint density at radius 1 is 1.57 bits per heavy atom. The van der Waals surface area contributed by atoms with E-state index in [2.05, 4.69) is 10.3 Å². The summed E-state index contributed by atoms with van der Waals surface area (Å²) in [6.45, 7) is 2.15. The average Bonchev–Trinajstić information content (AvgIpc) is 2.44. The Hall–Kier alpha value is -2.02. The number of rotatable bonds is 7. The Morgan fingerprint density at radius 2 is 2.29 bits per heavy atom. The monoisotopic (exact) mass is 315 g/mol. The topological polar surface area (TPSA) is 91.8 Å². The molecule has 0 aliphatic carbocycles. The van der Waals surface area contributed by atoms with Gasteiger partial charge in [-0.05, 0) is 12.1 Å². The normalized spacial score (nSPS) is 11.6. The molecule has 0 bridgehead atoms. The van der Waals surface area contributed by atoms with Gasteiger partial charge in [0.15, 0.2) is 0 Å².